The van der Waals surface area contributed by atoms with Gasteiger partial charge >= 0.3 is 29.2 Å². The third-order valence-electron chi connectivity index (χ3n) is 3.84. The summed E-state index contributed by atoms with van der Waals surface area (Å²) in [4.78, 5) is 61.3. The van der Waals surface area contributed by atoms with Gasteiger partial charge in [0, 0.05) is 18.3 Å². The maximum Gasteiger partial charge on any atom is 0.490 e. The van der Waals surface area contributed by atoms with Gasteiger partial charge in [0.25, 0.3) is 5.56 Å². The number of phosphoric acid groups is 3. The van der Waals surface area contributed by atoms with Gasteiger partial charge in [-0.15, -0.1) is 0 Å². The third-order valence-corrected chi connectivity index (χ3v) is 7.64. The summed E-state index contributed by atoms with van der Waals surface area (Å²) in [5, 5.41) is 23.0. The summed E-state index contributed by atoms with van der Waals surface area (Å²) in [6, 6.07) is 0. The predicted molar refractivity (Wildman–Crippen MR) is 99.8 cm³/mol. The zero-order valence-corrected chi connectivity index (χ0v) is 18.6. The second-order valence-electron chi connectivity index (χ2n) is 6.28. The van der Waals surface area contributed by atoms with E-state index in [1.54, 1.807) is 0 Å². The quantitative estimate of drug-likeness (QED) is 0.143. The fourth-order valence-electron chi connectivity index (χ4n) is 2.60. The molecule has 18 nitrogen and oxygen atoms in total. The second-order valence-corrected chi connectivity index (χ2v) is 10.7. The van der Waals surface area contributed by atoms with Crippen LogP contribution >= 0.6 is 23.5 Å². The molecule has 1 aromatic heterocycles. The molecule has 32 heavy (non-hydrogen) atoms. The lowest BCUT2D eigenvalue weighted by atomic mass is 10.1. The molecule has 184 valence electrons. The highest BCUT2D eigenvalue weighted by molar-refractivity contribution is 7.66. The molecular weight excluding hydrogens is 507 g/mol. The van der Waals surface area contributed by atoms with Gasteiger partial charge in [0.1, 0.15) is 18.3 Å². The number of hydrogen-bond donors (Lipinski definition) is 8. The molecule has 1 fully saturated rings. The van der Waals surface area contributed by atoms with E-state index in [1.807, 2.05) is 4.98 Å². The van der Waals surface area contributed by atoms with Gasteiger partial charge in [-0.25, -0.2) is 18.5 Å². The average molecular weight is 527 g/mol. The Kier molecular flexibility index (Phi) is 8.53. The Labute approximate surface area is 177 Å². The smallest absolute Gasteiger partial charge is 0.387 e. The molecule has 0 saturated carbocycles. The van der Waals surface area contributed by atoms with Gasteiger partial charge in [-0.2, -0.15) is 8.62 Å². The minimum atomic E-state index is -5.75. The van der Waals surface area contributed by atoms with E-state index in [0.717, 1.165) is 10.8 Å². The minimum Gasteiger partial charge on any atom is -0.387 e. The van der Waals surface area contributed by atoms with Crippen molar-refractivity contribution in [3.05, 3.63) is 32.6 Å². The first-order chi connectivity index (χ1) is 14.6. The van der Waals surface area contributed by atoms with Crippen LogP contribution in [-0.4, -0.2) is 71.3 Å². The normalized spacial score (nSPS) is 27.7. The zero-order chi connectivity index (χ0) is 24.5. The molecule has 0 spiro atoms. The molecule has 1 aromatic rings. The molecule has 6 atom stereocenters. The first-order valence-electron chi connectivity index (χ1n) is 8.34. The molecule has 0 radical (unpaired) electrons. The third kappa shape index (κ3) is 7.21. The van der Waals surface area contributed by atoms with Crippen LogP contribution in [0.3, 0.4) is 0 Å². The van der Waals surface area contributed by atoms with E-state index in [4.69, 9.17) is 19.4 Å². The van der Waals surface area contributed by atoms with Crippen LogP contribution in [0.5, 0.6) is 0 Å². The SMILES string of the molecule is CNCc1cn(C2OC(COP(=O)(O)OP(=O)(O)OP(=O)(O)O)C(O)C2O)c(=O)[nH]c1=O. The van der Waals surface area contributed by atoms with E-state index in [-0.39, 0.29) is 12.1 Å². The van der Waals surface area contributed by atoms with E-state index in [0.29, 0.717) is 0 Å². The highest BCUT2D eigenvalue weighted by atomic mass is 31.3. The lowest BCUT2D eigenvalue weighted by Crippen LogP contribution is -2.39. The van der Waals surface area contributed by atoms with Crippen molar-refractivity contribution < 1.29 is 61.4 Å². The summed E-state index contributed by atoms with van der Waals surface area (Å²) in [6.45, 7) is -1.02. The Morgan fingerprint density at radius 3 is 2.28 bits per heavy atom. The van der Waals surface area contributed by atoms with Crippen molar-refractivity contribution in [3.63, 3.8) is 0 Å². The first-order valence-corrected chi connectivity index (χ1v) is 12.9. The van der Waals surface area contributed by atoms with Crippen LogP contribution in [0.15, 0.2) is 15.8 Å². The lowest BCUT2D eigenvalue weighted by molar-refractivity contribution is -0.0543. The minimum absolute atomic E-state index is 0.0381. The lowest BCUT2D eigenvalue weighted by Gasteiger charge is -2.19. The Balaban J connectivity index is 2.13. The standard InChI is InChI=1S/C11H20N3O15P3/c1-12-2-5-3-14(11(18)13-9(5)17)10-8(16)7(15)6(27-10)4-26-31(22,23)29-32(24,25)28-30(19,20)21/h3,6-8,10,12,15-16H,2,4H2,1H3,(H,22,23)(H,24,25)(H,13,17,18)(H2,19,20,21). The van der Waals surface area contributed by atoms with Gasteiger partial charge in [-0.1, -0.05) is 0 Å². The molecule has 2 heterocycles. The zero-order valence-electron chi connectivity index (χ0n) is 15.9. The number of hydrogen-bond acceptors (Lipinski definition) is 12. The van der Waals surface area contributed by atoms with Crippen LogP contribution in [0.1, 0.15) is 11.8 Å². The van der Waals surface area contributed by atoms with Gasteiger partial charge in [-0.3, -0.25) is 18.9 Å². The first kappa shape index (κ1) is 27.2. The van der Waals surface area contributed by atoms with Crippen molar-refractivity contribution in [1.29, 1.82) is 0 Å². The maximum atomic E-state index is 12.1. The molecule has 0 amide bonds. The molecule has 1 aliphatic heterocycles. The maximum absolute atomic E-state index is 12.1. The molecule has 6 unspecified atom stereocenters. The number of aliphatic hydroxyl groups is 2. The van der Waals surface area contributed by atoms with E-state index >= 15 is 0 Å². The Morgan fingerprint density at radius 1 is 1.09 bits per heavy atom. The second kappa shape index (κ2) is 10.0. The molecule has 21 heteroatoms. The number of ether oxygens (including phenoxy) is 1. The van der Waals surface area contributed by atoms with Gasteiger partial charge in [0.2, 0.25) is 0 Å². The van der Waals surface area contributed by atoms with Crippen molar-refractivity contribution >= 4 is 23.5 Å². The molecule has 0 aromatic carbocycles. The van der Waals surface area contributed by atoms with E-state index in [1.165, 1.54) is 7.05 Å². The van der Waals surface area contributed by atoms with Crippen LogP contribution in [0.2, 0.25) is 0 Å². The topological polar surface area (TPSA) is 276 Å². The Morgan fingerprint density at radius 2 is 1.72 bits per heavy atom. The van der Waals surface area contributed by atoms with Crippen LogP contribution in [-0.2, 0) is 38.1 Å². The van der Waals surface area contributed by atoms with Crippen molar-refractivity contribution in [2.75, 3.05) is 13.7 Å². The molecular formula is C11H20N3O15P3. The van der Waals surface area contributed by atoms with Gasteiger partial charge in [-0.05, 0) is 7.05 Å². The number of rotatable bonds is 10. The van der Waals surface area contributed by atoms with Crippen LogP contribution in [0, 0.1) is 0 Å². The number of H-pyrrole nitrogens is 1. The number of aliphatic hydroxyl groups excluding tert-OH is 2. The number of phosphoric ester groups is 1. The average Bonchev–Trinajstić information content (AvgIpc) is 2.87. The Hall–Kier alpha value is -1.07. The van der Waals surface area contributed by atoms with Crippen molar-refractivity contribution in [2.45, 2.75) is 31.1 Å². The number of aromatic nitrogens is 2. The molecule has 0 bridgehead atoms. The van der Waals surface area contributed by atoms with Crippen molar-refractivity contribution in [1.82, 2.24) is 14.9 Å². The summed E-state index contributed by atoms with van der Waals surface area (Å²) in [5.41, 5.74) is -1.63. The summed E-state index contributed by atoms with van der Waals surface area (Å²) in [7, 11) is -15.3. The molecule has 1 aliphatic rings. The van der Waals surface area contributed by atoms with Crippen LogP contribution in [0.25, 0.3) is 0 Å². The van der Waals surface area contributed by atoms with Crippen molar-refractivity contribution in [3.8, 4) is 0 Å². The largest absolute Gasteiger partial charge is 0.490 e. The number of nitrogens with one attached hydrogen (secondary N) is 2. The fraction of sp³-hybridized carbons (Fsp3) is 0.636. The highest BCUT2D eigenvalue weighted by Crippen LogP contribution is 2.66. The molecule has 8 N–H and O–H groups in total. The van der Waals surface area contributed by atoms with Crippen LogP contribution < -0.4 is 16.6 Å². The highest BCUT2D eigenvalue weighted by Gasteiger charge is 2.46. The Bertz CT molecular complexity index is 1080. The summed E-state index contributed by atoms with van der Waals surface area (Å²) < 4.78 is 51.1. The summed E-state index contributed by atoms with van der Waals surface area (Å²) in [6.07, 6.45) is -5.69. The molecule has 0 aliphatic carbocycles. The van der Waals surface area contributed by atoms with Crippen LogP contribution in [0.4, 0.5) is 0 Å². The summed E-state index contributed by atoms with van der Waals surface area (Å²) in [5.74, 6) is 0. The monoisotopic (exact) mass is 527 g/mol. The van der Waals surface area contributed by atoms with E-state index < -0.39 is 65.9 Å². The molecule has 1 saturated heterocycles. The number of nitrogens with zero attached hydrogens (tertiary/aromatic N) is 1. The fourth-order valence-corrected chi connectivity index (χ4v) is 5.63. The van der Waals surface area contributed by atoms with Gasteiger partial charge in [0.15, 0.2) is 6.23 Å². The van der Waals surface area contributed by atoms with Gasteiger partial charge in [0.05, 0.1) is 6.61 Å². The van der Waals surface area contributed by atoms with Gasteiger partial charge < -0.3 is 39.8 Å². The van der Waals surface area contributed by atoms with E-state index in [9.17, 15) is 38.4 Å². The number of aromatic amines is 1. The van der Waals surface area contributed by atoms with Crippen molar-refractivity contribution in [2.24, 2.45) is 0 Å². The molecule has 2 rings (SSSR count). The predicted octanol–water partition coefficient (Wildman–Crippen LogP) is -2.78. The summed E-state index contributed by atoms with van der Waals surface area (Å²) >= 11 is 0. The van der Waals surface area contributed by atoms with E-state index in [2.05, 4.69) is 18.5 Å².